The minimum absolute atomic E-state index is 0.0795. The molecule has 1 saturated carbocycles. The van der Waals surface area contributed by atoms with Crippen LogP contribution in [-0.2, 0) is 4.79 Å². The Morgan fingerprint density at radius 3 is 2.15 bits per heavy atom. The average molecular weight is 286 g/mol. The second kappa shape index (κ2) is 5.97. The van der Waals surface area contributed by atoms with Crippen LogP contribution >= 0.6 is 0 Å². The van der Waals surface area contributed by atoms with E-state index < -0.39 is 29.7 Å². The van der Waals surface area contributed by atoms with Crippen molar-refractivity contribution in [2.24, 2.45) is 0 Å². The molecule has 2 atom stereocenters. The van der Waals surface area contributed by atoms with Gasteiger partial charge in [-0.15, -0.1) is 0 Å². The summed E-state index contributed by atoms with van der Waals surface area (Å²) in [6, 6.07) is -0.399. The molecule has 2 unspecified atom stereocenters. The summed E-state index contributed by atoms with van der Waals surface area (Å²) < 4.78 is 0. The molecule has 2 rings (SSSR count). The molecule has 0 bridgehead atoms. The van der Waals surface area contributed by atoms with E-state index in [1.807, 2.05) is 0 Å². The minimum Gasteiger partial charge on any atom is -0.481 e. The van der Waals surface area contributed by atoms with E-state index in [4.69, 9.17) is 5.11 Å². The van der Waals surface area contributed by atoms with Crippen molar-refractivity contribution in [3.63, 3.8) is 0 Å². The number of carboxylic acid groups (broad SMARTS) is 1. The number of rotatable bonds is 3. The first kappa shape index (κ1) is 15.1. The summed E-state index contributed by atoms with van der Waals surface area (Å²) in [7, 11) is 0. The third kappa shape index (κ3) is 3.40. The van der Waals surface area contributed by atoms with Crippen molar-refractivity contribution in [3.8, 4) is 0 Å². The van der Waals surface area contributed by atoms with Gasteiger partial charge in [0, 0.05) is 0 Å². The Hall–Kier alpha value is -1.34. The fourth-order valence-corrected chi connectivity index (χ4v) is 3.11. The lowest BCUT2D eigenvalue weighted by atomic mass is 9.79. The molecule has 7 heteroatoms. The van der Waals surface area contributed by atoms with Gasteiger partial charge < -0.3 is 25.5 Å². The van der Waals surface area contributed by atoms with Gasteiger partial charge in [0.1, 0.15) is 0 Å². The maximum Gasteiger partial charge on any atom is 0.318 e. The molecule has 0 aromatic rings. The number of aliphatic carboxylic acids is 1. The summed E-state index contributed by atoms with van der Waals surface area (Å²) in [6.45, 7) is 0.159. The molecular weight excluding hydrogens is 264 g/mol. The SMILES string of the molecule is O=C(O)CC1(NC(=O)N2CC(O)C(O)C2)CCCCC1. The van der Waals surface area contributed by atoms with Crippen molar-refractivity contribution in [2.45, 2.75) is 56.3 Å². The van der Waals surface area contributed by atoms with Crippen LogP contribution in [0.2, 0.25) is 0 Å². The molecule has 0 aromatic carbocycles. The first-order valence-corrected chi connectivity index (χ1v) is 7.07. The molecule has 20 heavy (non-hydrogen) atoms. The van der Waals surface area contributed by atoms with Crippen LogP contribution in [0.4, 0.5) is 4.79 Å². The number of aliphatic hydroxyl groups excluding tert-OH is 2. The Kier molecular flexibility index (Phi) is 4.49. The van der Waals surface area contributed by atoms with E-state index in [0.29, 0.717) is 12.8 Å². The highest BCUT2D eigenvalue weighted by Crippen LogP contribution is 2.31. The number of carbonyl (C=O) groups is 2. The standard InChI is InChI=1S/C13H22N2O5/c16-9-7-15(8-10(9)17)12(20)14-13(6-11(18)19)4-2-1-3-5-13/h9-10,16-17H,1-8H2,(H,14,20)(H,18,19). The zero-order chi connectivity index (χ0) is 14.8. The van der Waals surface area contributed by atoms with Crippen LogP contribution in [0.1, 0.15) is 38.5 Å². The number of hydrogen-bond acceptors (Lipinski definition) is 4. The van der Waals surface area contributed by atoms with Crippen molar-refractivity contribution in [2.75, 3.05) is 13.1 Å². The predicted octanol–water partition coefficient (Wildman–Crippen LogP) is -0.0890. The molecule has 2 fully saturated rings. The van der Waals surface area contributed by atoms with E-state index in [2.05, 4.69) is 5.32 Å². The van der Waals surface area contributed by atoms with Crippen molar-refractivity contribution >= 4 is 12.0 Å². The highest BCUT2D eigenvalue weighted by molar-refractivity contribution is 5.77. The summed E-state index contributed by atoms with van der Waals surface area (Å²) in [5.41, 5.74) is -0.695. The normalized spacial score (nSPS) is 29.2. The van der Waals surface area contributed by atoms with Crippen molar-refractivity contribution in [1.29, 1.82) is 0 Å². The maximum atomic E-state index is 12.2. The number of carbonyl (C=O) groups excluding carboxylic acids is 1. The van der Waals surface area contributed by atoms with E-state index in [1.165, 1.54) is 4.90 Å². The smallest absolute Gasteiger partial charge is 0.318 e. The molecule has 1 aliphatic carbocycles. The Labute approximate surface area is 117 Å². The molecule has 7 nitrogen and oxygen atoms in total. The summed E-state index contributed by atoms with van der Waals surface area (Å²) in [5.74, 6) is -0.923. The van der Waals surface area contributed by atoms with Gasteiger partial charge >= 0.3 is 12.0 Å². The summed E-state index contributed by atoms with van der Waals surface area (Å²) in [6.07, 6.45) is 2.23. The Bertz CT molecular complexity index is 371. The van der Waals surface area contributed by atoms with Crippen LogP contribution in [0.15, 0.2) is 0 Å². The van der Waals surface area contributed by atoms with Gasteiger partial charge in [0.25, 0.3) is 0 Å². The first-order valence-electron chi connectivity index (χ1n) is 7.07. The molecule has 114 valence electrons. The zero-order valence-corrected chi connectivity index (χ0v) is 11.4. The van der Waals surface area contributed by atoms with Gasteiger partial charge in [-0.1, -0.05) is 19.3 Å². The van der Waals surface area contributed by atoms with Gasteiger partial charge in [0.15, 0.2) is 0 Å². The van der Waals surface area contributed by atoms with E-state index in [1.54, 1.807) is 0 Å². The number of hydrogen-bond donors (Lipinski definition) is 4. The fourth-order valence-electron chi connectivity index (χ4n) is 3.11. The fraction of sp³-hybridized carbons (Fsp3) is 0.846. The summed E-state index contributed by atoms with van der Waals surface area (Å²) >= 11 is 0. The molecule has 1 saturated heterocycles. The molecular formula is C13H22N2O5. The van der Waals surface area contributed by atoms with E-state index in [-0.39, 0.29) is 19.5 Å². The number of aliphatic hydroxyl groups is 2. The van der Waals surface area contributed by atoms with Crippen molar-refractivity contribution in [3.05, 3.63) is 0 Å². The van der Waals surface area contributed by atoms with Crippen LogP contribution in [0.5, 0.6) is 0 Å². The number of nitrogens with one attached hydrogen (secondary N) is 1. The Morgan fingerprint density at radius 1 is 1.10 bits per heavy atom. The Balaban J connectivity index is 2.00. The lowest BCUT2D eigenvalue weighted by molar-refractivity contribution is -0.139. The Morgan fingerprint density at radius 2 is 1.65 bits per heavy atom. The van der Waals surface area contributed by atoms with Crippen LogP contribution in [0.25, 0.3) is 0 Å². The van der Waals surface area contributed by atoms with Gasteiger partial charge in [-0.05, 0) is 12.8 Å². The molecule has 2 amide bonds. The van der Waals surface area contributed by atoms with Crippen LogP contribution < -0.4 is 5.32 Å². The highest BCUT2D eigenvalue weighted by Gasteiger charge is 2.39. The second-order valence-corrected chi connectivity index (χ2v) is 5.88. The number of urea groups is 1. The van der Waals surface area contributed by atoms with Gasteiger partial charge in [0.05, 0.1) is 37.3 Å². The maximum absolute atomic E-state index is 12.2. The quantitative estimate of drug-likeness (QED) is 0.579. The second-order valence-electron chi connectivity index (χ2n) is 5.88. The summed E-state index contributed by atoms with van der Waals surface area (Å²) in [5, 5.41) is 30.8. The van der Waals surface area contributed by atoms with E-state index in [0.717, 1.165) is 19.3 Å². The number of β-amino-alcohol motifs (C(OH)–C–C–N with tert-alkyl or cyclic N) is 2. The first-order chi connectivity index (χ1) is 9.42. The topological polar surface area (TPSA) is 110 Å². The molecule has 4 N–H and O–H groups in total. The van der Waals surface area contributed by atoms with E-state index in [9.17, 15) is 19.8 Å². The number of nitrogens with zero attached hydrogens (tertiary/aromatic N) is 1. The van der Waals surface area contributed by atoms with Crippen LogP contribution in [0, 0.1) is 0 Å². The molecule has 2 aliphatic rings. The molecule has 0 spiro atoms. The number of likely N-dealkylation sites (tertiary alicyclic amines) is 1. The van der Waals surface area contributed by atoms with E-state index >= 15 is 0 Å². The van der Waals surface area contributed by atoms with Crippen molar-refractivity contribution in [1.82, 2.24) is 10.2 Å². The highest BCUT2D eigenvalue weighted by atomic mass is 16.4. The van der Waals surface area contributed by atoms with Crippen LogP contribution in [-0.4, -0.2) is 63.1 Å². The van der Waals surface area contributed by atoms with Gasteiger partial charge in [-0.2, -0.15) is 0 Å². The minimum atomic E-state index is -0.928. The van der Waals surface area contributed by atoms with Gasteiger partial charge in [-0.3, -0.25) is 4.79 Å². The lowest BCUT2D eigenvalue weighted by Crippen LogP contribution is -2.55. The largest absolute Gasteiger partial charge is 0.481 e. The molecule has 0 radical (unpaired) electrons. The number of carboxylic acids is 1. The number of amides is 2. The molecule has 0 aromatic heterocycles. The zero-order valence-electron chi connectivity index (χ0n) is 11.4. The lowest BCUT2D eigenvalue weighted by Gasteiger charge is -2.38. The van der Waals surface area contributed by atoms with Gasteiger partial charge in [0.2, 0.25) is 0 Å². The third-order valence-corrected chi connectivity index (χ3v) is 4.22. The van der Waals surface area contributed by atoms with Crippen LogP contribution in [0.3, 0.4) is 0 Å². The predicted molar refractivity (Wildman–Crippen MR) is 70.2 cm³/mol. The molecule has 1 aliphatic heterocycles. The third-order valence-electron chi connectivity index (χ3n) is 4.22. The molecule has 1 heterocycles. The monoisotopic (exact) mass is 286 g/mol. The van der Waals surface area contributed by atoms with Gasteiger partial charge in [-0.25, -0.2) is 4.79 Å². The van der Waals surface area contributed by atoms with Crippen molar-refractivity contribution < 1.29 is 24.9 Å². The average Bonchev–Trinajstić information content (AvgIpc) is 2.69. The summed E-state index contributed by atoms with van der Waals surface area (Å²) in [4.78, 5) is 24.6.